The number of ether oxygens (including phenoxy) is 1. The number of amides is 2. The van der Waals surface area contributed by atoms with E-state index in [1.807, 2.05) is 6.26 Å². The van der Waals surface area contributed by atoms with Crippen LogP contribution in [-0.4, -0.2) is 65.4 Å². The number of carboxylic acid groups (broad SMARTS) is 1. The molecule has 0 aromatic heterocycles. The van der Waals surface area contributed by atoms with Crippen molar-refractivity contribution in [2.75, 3.05) is 19.9 Å². The Labute approximate surface area is 123 Å². The van der Waals surface area contributed by atoms with Gasteiger partial charge in [-0.05, 0) is 19.1 Å². The van der Waals surface area contributed by atoms with E-state index in [0.717, 1.165) is 19.3 Å². The van der Waals surface area contributed by atoms with Crippen molar-refractivity contribution in [3.63, 3.8) is 0 Å². The van der Waals surface area contributed by atoms with Gasteiger partial charge in [-0.25, -0.2) is 9.59 Å². The summed E-state index contributed by atoms with van der Waals surface area (Å²) in [5, 5.41) is 12.7. The number of carboxylic acids is 1. The smallest absolute Gasteiger partial charge is 0.326 e. The van der Waals surface area contributed by atoms with Crippen molar-refractivity contribution in [3.05, 3.63) is 0 Å². The molecule has 0 spiro atoms. The summed E-state index contributed by atoms with van der Waals surface area (Å²) in [6.45, 7) is 0.343. The molecule has 4 atom stereocenters. The Hall–Kier alpha value is -0.950. The molecular weight excluding hydrogens is 280 g/mol. The normalized spacial score (nSPS) is 33.4. The quantitative estimate of drug-likeness (QED) is 0.814. The maximum absolute atomic E-state index is 12.3. The highest BCUT2D eigenvalue weighted by Crippen LogP contribution is 2.29. The van der Waals surface area contributed by atoms with Crippen molar-refractivity contribution < 1.29 is 19.4 Å². The van der Waals surface area contributed by atoms with Crippen LogP contribution < -0.4 is 5.32 Å². The predicted molar refractivity (Wildman–Crippen MR) is 77.0 cm³/mol. The average molecular weight is 302 g/mol. The number of carbonyl (C=O) groups is 2. The Kier molecular flexibility index (Phi) is 5.15. The number of likely N-dealkylation sites (tertiary alicyclic amines) is 1. The monoisotopic (exact) mass is 302 g/mol. The van der Waals surface area contributed by atoms with Crippen LogP contribution in [0.2, 0.25) is 0 Å². The molecule has 1 heterocycles. The summed E-state index contributed by atoms with van der Waals surface area (Å²) in [4.78, 5) is 25.0. The number of hydrogen-bond acceptors (Lipinski definition) is 4. The number of carbonyl (C=O) groups excluding carboxylic acids is 1. The third-order valence-corrected chi connectivity index (χ3v) is 5.38. The van der Waals surface area contributed by atoms with Crippen LogP contribution in [0.15, 0.2) is 0 Å². The highest BCUT2D eigenvalue weighted by Gasteiger charge is 2.41. The second-order valence-electron chi connectivity index (χ2n) is 5.36. The van der Waals surface area contributed by atoms with Gasteiger partial charge in [0.15, 0.2) is 0 Å². The van der Waals surface area contributed by atoms with Crippen LogP contribution in [0.25, 0.3) is 0 Å². The highest BCUT2D eigenvalue weighted by atomic mass is 32.2. The molecule has 2 rings (SSSR count). The fourth-order valence-corrected chi connectivity index (χ4v) is 3.98. The number of rotatable bonds is 4. The number of urea groups is 1. The zero-order chi connectivity index (χ0) is 14.7. The highest BCUT2D eigenvalue weighted by molar-refractivity contribution is 7.99. The number of methoxy groups -OCH3 is 1. The van der Waals surface area contributed by atoms with Gasteiger partial charge in [0, 0.05) is 31.4 Å². The minimum absolute atomic E-state index is 0.147. The molecule has 20 heavy (non-hydrogen) atoms. The molecule has 0 radical (unpaired) electrons. The van der Waals surface area contributed by atoms with Crippen molar-refractivity contribution >= 4 is 23.8 Å². The van der Waals surface area contributed by atoms with Crippen LogP contribution in [0.5, 0.6) is 0 Å². The van der Waals surface area contributed by atoms with Crippen LogP contribution in [0, 0.1) is 0 Å². The van der Waals surface area contributed by atoms with E-state index in [1.165, 1.54) is 4.90 Å². The standard InChI is InChI=1S/C13H22N2O4S/c1-19-8-6-10(12(16)17)15(7-8)13(18)14-9-4-3-5-11(9)20-2/h8-11H,3-7H2,1-2H3,(H,14,18)(H,16,17). The van der Waals surface area contributed by atoms with Crippen molar-refractivity contribution in [3.8, 4) is 0 Å². The molecule has 0 aromatic carbocycles. The molecule has 7 heteroatoms. The molecule has 2 amide bonds. The van der Waals surface area contributed by atoms with Crippen LogP contribution in [-0.2, 0) is 9.53 Å². The Balaban J connectivity index is 1.98. The second kappa shape index (κ2) is 6.67. The third-order valence-electron chi connectivity index (χ3n) is 4.21. The summed E-state index contributed by atoms with van der Waals surface area (Å²) in [6.07, 6.45) is 5.40. The van der Waals surface area contributed by atoms with E-state index < -0.39 is 12.0 Å². The summed E-state index contributed by atoms with van der Waals surface area (Å²) in [7, 11) is 1.55. The number of nitrogens with zero attached hydrogens (tertiary/aromatic N) is 1. The maximum atomic E-state index is 12.3. The van der Waals surface area contributed by atoms with Crippen LogP contribution in [0.3, 0.4) is 0 Å². The van der Waals surface area contributed by atoms with Gasteiger partial charge in [0.2, 0.25) is 0 Å². The fraction of sp³-hybridized carbons (Fsp3) is 0.846. The van der Waals surface area contributed by atoms with Crippen molar-refractivity contribution in [2.45, 2.75) is 49.1 Å². The molecule has 1 aliphatic carbocycles. The predicted octanol–water partition coefficient (Wildman–Crippen LogP) is 1.15. The summed E-state index contributed by atoms with van der Waals surface area (Å²) >= 11 is 1.76. The third kappa shape index (κ3) is 3.20. The van der Waals surface area contributed by atoms with Crippen molar-refractivity contribution in [1.82, 2.24) is 10.2 Å². The molecular formula is C13H22N2O4S. The maximum Gasteiger partial charge on any atom is 0.326 e. The van der Waals surface area contributed by atoms with Gasteiger partial charge in [-0.15, -0.1) is 0 Å². The molecule has 0 bridgehead atoms. The first kappa shape index (κ1) is 15.4. The lowest BCUT2D eigenvalue weighted by Gasteiger charge is -2.26. The van der Waals surface area contributed by atoms with Gasteiger partial charge in [-0.1, -0.05) is 6.42 Å². The minimum atomic E-state index is -0.965. The molecule has 1 aliphatic heterocycles. The molecule has 1 saturated heterocycles. The van der Waals surface area contributed by atoms with E-state index in [9.17, 15) is 14.7 Å². The Morgan fingerprint density at radius 2 is 2.15 bits per heavy atom. The van der Waals surface area contributed by atoms with Crippen LogP contribution >= 0.6 is 11.8 Å². The summed E-state index contributed by atoms with van der Waals surface area (Å²) in [5.74, 6) is -0.965. The van der Waals surface area contributed by atoms with E-state index >= 15 is 0 Å². The van der Waals surface area contributed by atoms with Gasteiger partial charge in [-0.3, -0.25) is 0 Å². The molecule has 1 saturated carbocycles. The van der Waals surface area contributed by atoms with Gasteiger partial charge < -0.3 is 20.1 Å². The number of nitrogens with one attached hydrogen (secondary N) is 1. The van der Waals surface area contributed by atoms with Gasteiger partial charge >= 0.3 is 12.0 Å². The Morgan fingerprint density at radius 3 is 2.75 bits per heavy atom. The molecule has 4 unspecified atom stereocenters. The van der Waals surface area contributed by atoms with E-state index in [4.69, 9.17) is 4.74 Å². The lowest BCUT2D eigenvalue weighted by Crippen LogP contribution is -2.50. The Bertz CT molecular complexity index is 379. The van der Waals surface area contributed by atoms with E-state index in [-0.39, 0.29) is 18.2 Å². The number of hydrogen-bond donors (Lipinski definition) is 2. The topological polar surface area (TPSA) is 78.9 Å². The van der Waals surface area contributed by atoms with Crippen LogP contribution in [0.1, 0.15) is 25.7 Å². The molecule has 2 fully saturated rings. The van der Waals surface area contributed by atoms with Crippen molar-refractivity contribution in [1.29, 1.82) is 0 Å². The summed E-state index contributed by atoms with van der Waals surface area (Å²) < 4.78 is 5.20. The first-order chi connectivity index (χ1) is 9.56. The van der Waals surface area contributed by atoms with Gasteiger partial charge in [-0.2, -0.15) is 11.8 Å². The van der Waals surface area contributed by atoms with Gasteiger partial charge in [0.25, 0.3) is 0 Å². The van der Waals surface area contributed by atoms with E-state index in [1.54, 1.807) is 18.9 Å². The second-order valence-corrected chi connectivity index (χ2v) is 6.44. The lowest BCUT2D eigenvalue weighted by atomic mass is 10.2. The van der Waals surface area contributed by atoms with E-state index in [2.05, 4.69) is 5.32 Å². The molecule has 0 aromatic rings. The van der Waals surface area contributed by atoms with Crippen molar-refractivity contribution in [2.24, 2.45) is 0 Å². The zero-order valence-corrected chi connectivity index (χ0v) is 12.7. The largest absolute Gasteiger partial charge is 0.480 e. The SMILES string of the molecule is COC1CC(C(=O)O)N(C(=O)NC2CCCC2SC)C1. The first-order valence-corrected chi connectivity index (χ1v) is 8.21. The molecule has 2 N–H and O–H groups in total. The summed E-state index contributed by atoms with van der Waals surface area (Å²) in [5.41, 5.74) is 0. The molecule has 6 nitrogen and oxygen atoms in total. The van der Waals surface area contributed by atoms with Gasteiger partial charge in [0.05, 0.1) is 6.10 Å². The number of aliphatic carboxylic acids is 1. The minimum Gasteiger partial charge on any atom is -0.480 e. The number of thioether (sulfide) groups is 1. The summed E-state index contributed by atoms with van der Waals surface area (Å²) in [6, 6.07) is -0.912. The fourth-order valence-electron chi connectivity index (χ4n) is 3.04. The van der Waals surface area contributed by atoms with Crippen LogP contribution in [0.4, 0.5) is 4.79 Å². The Morgan fingerprint density at radius 1 is 1.40 bits per heavy atom. The average Bonchev–Trinajstić information content (AvgIpc) is 3.04. The lowest BCUT2D eigenvalue weighted by molar-refractivity contribution is -0.141. The molecule has 114 valence electrons. The zero-order valence-electron chi connectivity index (χ0n) is 11.9. The molecule has 2 aliphatic rings. The van der Waals surface area contributed by atoms with E-state index in [0.29, 0.717) is 18.2 Å². The first-order valence-electron chi connectivity index (χ1n) is 6.92. The van der Waals surface area contributed by atoms with Gasteiger partial charge in [0.1, 0.15) is 6.04 Å².